The lowest BCUT2D eigenvalue weighted by atomic mass is 10.0. The maximum Gasteiger partial charge on any atom is 0.323 e. The molecule has 7 heteroatoms. The van der Waals surface area contributed by atoms with Gasteiger partial charge in [0, 0.05) is 17.0 Å². The highest BCUT2D eigenvalue weighted by Gasteiger charge is 2.48. The number of carbonyl (C=O) groups is 1. The zero-order valence-corrected chi connectivity index (χ0v) is 17.2. The maximum atomic E-state index is 13.2. The lowest BCUT2D eigenvalue weighted by Gasteiger charge is -2.42. The van der Waals surface area contributed by atoms with Crippen molar-refractivity contribution in [2.24, 2.45) is 0 Å². The third kappa shape index (κ3) is 3.77. The number of carboxylic acid groups (broad SMARTS) is 1. The van der Waals surface area contributed by atoms with Crippen LogP contribution in [0.2, 0.25) is 0 Å². The highest BCUT2D eigenvalue weighted by molar-refractivity contribution is 8.00. The number of thioether (sulfide) groups is 1. The summed E-state index contributed by atoms with van der Waals surface area (Å²) in [5, 5.41) is 9.66. The molecule has 2 aromatic rings. The summed E-state index contributed by atoms with van der Waals surface area (Å²) in [6.45, 7) is 5.75. The van der Waals surface area contributed by atoms with Gasteiger partial charge < -0.3 is 5.11 Å². The van der Waals surface area contributed by atoms with Crippen LogP contribution >= 0.6 is 11.8 Å². The van der Waals surface area contributed by atoms with Crippen LogP contribution in [0.5, 0.6) is 0 Å². The summed E-state index contributed by atoms with van der Waals surface area (Å²) >= 11 is 1.49. The minimum Gasteiger partial charge on any atom is -0.480 e. The summed E-state index contributed by atoms with van der Waals surface area (Å²) in [7, 11) is -3.90. The van der Waals surface area contributed by atoms with Crippen LogP contribution in [0.4, 0.5) is 0 Å². The van der Waals surface area contributed by atoms with Crippen molar-refractivity contribution in [1.82, 2.24) is 4.31 Å². The highest BCUT2D eigenvalue weighted by atomic mass is 32.2. The van der Waals surface area contributed by atoms with Crippen LogP contribution in [0.15, 0.2) is 53.4 Å². The summed E-state index contributed by atoms with van der Waals surface area (Å²) in [6, 6.07) is 13.5. The van der Waals surface area contributed by atoms with Crippen LogP contribution in [0.25, 0.3) is 11.1 Å². The van der Waals surface area contributed by atoms with Crippen LogP contribution in [0.3, 0.4) is 0 Å². The van der Waals surface area contributed by atoms with E-state index >= 15 is 0 Å². The predicted molar refractivity (Wildman–Crippen MR) is 108 cm³/mol. The first-order valence-corrected chi connectivity index (χ1v) is 11.1. The van der Waals surface area contributed by atoms with E-state index in [1.165, 1.54) is 11.8 Å². The third-order valence-corrected chi connectivity index (χ3v) is 8.12. The summed E-state index contributed by atoms with van der Waals surface area (Å²) in [6.07, 6.45) is 0. The number of hydrogen-bond donors (Lipinski definition) is 1. The van der Waals surface area contributed by atoms with E-state index in [1.807, 2.05) is 31.2 Å². The summed E-state index contributed by atoms with van der Waals surface area (Å²) in [5.74, 6) is -0.551. The van der Waals surface area contributed by atoms with Gasteiger partial charge in [0.1, 0.15) is 6.04 Å². The van der Waals surface area contributed by atoms with Gasteiger partial charge in [-0.2, -0.15) is 16.1 Å². The van der Waals surface area contributed by atoms with Gasteiger partial charge in [-0.15, -0.1) is 0 Å². The van der Waals surface area contributed by atoms with Crippen LogP contribution in [0.1, 0.15) is 19.4 Å². The zero-order chi connectivity index (χ0) is 19.8. The predicted octanol–water partition coefficient (Wildman–Crippen LogP) is 3.63. The quantitative estimate of drug-likeness (QED) is 0.841. The Morgan fingerprint density at radius 1 is 1.15 bits per heavy atom. The van der Waals surface area contributed by atoms with Crippen molar-refractivity contribution in [2.75, 3.05) is 12.3 Å². The standard InChI is InChI=1S/C20H23NO4S2/c1-14-6-4-5-7-17(14)15-8-10-16(11-9-15)27(24,25)21-12-13-26-20(2,3)18(21)19(22)23/h4-11,18H,12-13H2,1-3H3,(H,22,23)/t18-/m0/s1. The second kappa shape index (κ2) is 7.30. The second-order valence-electron chi connectivity index (χ2n) is 7.15. The minimum absolute atomic E-state index is 0.119. The van der Waals surface area contributed by atoms with E-state index < -0.39 is 26.8 Å². The number of hydrogen-bond acceptors (Lipinski definition) is 4. The molecule has 0 spiro atoms. The molecule has 0 amide bonds. The zero-order valence-electron chi connectivity index (χ0n) is 15.5. The minimum atomic E-state index is -3.90. The first kappa shape index (κ1) is 19.9. The Hall–Kier alpha value is -1.83. The number of sulfonamides is 1. The number of nitrogens with zero attached hydrogens (tertiary/aromatic N) is 1. The SMILES string of the molecule is Cc1ccccc1-c1ccc(S(=O)(=O)N2CCSC(C)(C)[C@@H]2C(=O)O)cc1. The summed E-state index contributed by atoms with van der Waals surface area (Å²) < 4.78 is 26.8. The molecule has 0 bridgehead atoms. The number of benzene rings is 2. The van der Waals surface area contributed by atoms with E-state index in [2.05, 4.69) is 0 Å². The Balaban J connectivity index is 1.97. The van der Waals surface area contributed by atoms with Crippen LogP contribution < -0.4 is 0 Å². The molecular weight excluding hydrogens is 382 g/mol. The van der Waals surface area contributed by atoms with E-state index in [1.54, 1.807) is 38.1 Å². The molecule has 3 rings (SSSR count). The summed E-state index contributed by atoms with van der Waals surface area (Å²) in [5.41, 5.74) is 3.07. The van der Waals surface area contributed by atoms with Crippen molar-refractivity contribution < 1.29 is 18.3 Å². The van der Waals surface area contributed by atoms with Gasteiger partial charge in [0.05, 0.1) is 4.90 Å². The van der Waals surface area contributed by atoms with Gasteiger partial charge in [0.25, 0.3) is 0 Å². The van der Waals surface area contributed by atoms with Gasteiger partial charge in [-0.3, -0.25) is 4.79 Å². The number of carboxylic acids is 1. The van der Waals surface area contributed by atoms with E-state index in [0.717, 1.165) is 21.0 Å². The van der Waals surface area contributed by atoms with Crippen LogP contribution in [-0.2, 0) is 14.8 Å². The van der Waals surface area contributed by atoms with Crippen molar-refractivity contribution in [3.8, 4) is 11.1 Å². The normalized spacial score (nSPS) is 20.3. The lowest BCUT2D eigenvalue weighted by Crippen LogP contribution is -2.58. The first-order chi connectivity index (χ1) is 12.6. The molecule has 5 nitrogen and oxygen atoms in total. The van der Waals surface area contributed by atoms with Gasteiger partial charge in [-0.1, -0.05) is 36.4 Å². The van der Waals surface area contributed by atoms with Gasteiger partial charge >= 0.3 is 5.97 Å². The molecule has 1 atom stereocenters. The average molecular weight is 406 g/mol. The molecule has 1 aliphatic heterocycles. The van der Waals surface area contributed by atoms with Gasteiger partial charge in [0.15, 0.2) is 0 Å². The van der Waals surface area contributed by atoms with Crippen molar-refractivity contribution in [2.45, 2.75) is 36.5 Å². The van der Waals surface area contributed by atoms with Gasteiger partial charge in [-0.25, -0.2) is 8.42 Å². The molecule has 144 valence electrons. The Morgan fingerprint density at radius 3 is 2.37 bits per heavy atom. The molecule has 1 N–H and O–H groups in total. The molecule has 1 saturated heterocycles. The average Bonchev–Trinajstić information content (AvgIpc) is 2.61. The van der Waals surface area contributed by atoms with Crippen LogP contribution in [0, 0.1) is 6.92 Å². The van der Waals surface area contributed by atoms with E-state index in [9.17, 15) is 18.3 Å². The van der Waals surface area contributed by atoms with Gasteiger partial charge in [-0.05, 0) is 49.6 Å². The highest BCUT2D eigenvalue weighted by Crippen LogP contribution is 2.38. The number of rotatable bonds is 4. The molecule has 0 unspecified atom stereocenters. The molecule has 0 aromatic heterocycles. The van der Waals surface area contributed by atoms with E-state index in [0.29, 0.717) is 5.75 Å². The Morgan fingerprint density at radius 2 is 1.78 bits per heavy atom. The van der Waals surface area contributed by atoms with Crippen LogP contribution in [-0.4, -0.2) is 46.9 Å². The monoisotopic (exact) mass is 405 g/mol. The number of aliphatic carboxylic acids is 1. The topological polar surface area (TPSA) is 74.7 Å². The Bertz CT molecular complexity index is 952. The summed E-state index contributed by atoms with van der Waals surface area (Å²) in [4.78, 5) is 11.9. The third-order valence-electron chi connectivity index (χ3n) is 4.88. The molecule has 0 radical (unpaired) electrons. The molecule has 27 heavy (non-hydrogen) atoms. The van der Waals surface area contributed by atoms with Crippen molar-refractivity contribution in [3.63, 3.8) is 0 Å². The fourth-order valence-electron chi connectivity index (χ4n) is 3.47. The Kier molecular flexibility index (Phi) is 5.38. The largest absolute Gasteiger partial charge is 0.480 e. The van der Waals surface area contributed by atoms with E-state index in [4.69, 9.17) is 0 Å². The van der Waals surface area contributed by atoms with Crippen molar-refractivity contribution >= 4 is 27.8 Å². The fourth-order valence-corrected chi connectivity index (χ4v) is 6.57. The molecule has 0 saturated carbocycles. The first-order valence-electron chi connectivity index (χ1n) is 8.69. The Labute approximate surface area is 164 Å². The van der Waals surface area contributed by atoms with Crippen molar-refractivity contribution in [3.05, 3.63) is 54.1 Å². The molecule has 2 aromatic carbocycles. The smallest absolute Gasteiger partial charge is 0.323 e. The molecule has 0 aliphatic carbocycles. The van der Waals surface area contributed by atoms with E-state index in [-0.39, 0.29) is 11.4 Å². The number of aryl methyl sites for hydroxylation is 1. The maximum absolute atomic E-state index is 13.2. The van der Waals surface area contributed by atoms with Crippen molar-refractivity contribution in [1.29, 1.82) is 0 Å². The molecule has 1 fully saturated rings. The molecule has 1 heterocycles. The second-order valence-corrected chi connectivity index (χ2v) is 10.8. The molecule has 1 aliphatic rings. The van der Waals surface area contributed by atoms with Gasteiger partial charge in [0.2, 0.25) is 10.0 Å². The molecular formula is C20H23NO4S2. The fraction of sp³-hybridized carbons (Fsp3) is 0.350. The lowest BCUT2D eigenvalue weighted by molar-refractivity contribution is -0.142.